The summed E-state index contributed by atoms with van der Waals surface area (Å²) >= 11 is 22.5. The summed E-state index contributed by atoms with van der Waals surface area (Å²) in [7, 11) is -3.33. The smallest absolute Gasteiger partial charge is 0.323 e. The van der Waals surface area contributed by atoms with Gasteiger partial charge in [0, 0.05) is 18.6 Å². The molecule has 0 aliphatic rings. The lowest BCUT2D eigenvalue weighted by Crippen LogP contribution is -2.02. The number of ether oxygens (including phenoxy) is 1. The summed E-state index contributed by atoms with van der Waals surface area (Å²) < 4.78 is 27.0. The molecule has 13 heteroatoms. The van der Waals surface area contributed by atoms with E-state index in [-0.39, 0.29) is 22.1 Å². The zero-order valence-electron chi connectivity index (χ0n) is 17.3. The van der Waals surface area contributed by atoms with E-state index in [9.17, 15) is 8.42 Å². The number of para-hydroxylation sites is 2. The van der Waals surface area contributed by atoms with Crippen molar-refractivity contribution in [1.82, 2.24) is 19.9 Å². The van der Waals surface area contributed by atoms with Crippen LogP contribution in [-0.4, -0.2) is 39.7 Å². The maximum Gasteiger partial charge on any atom is 0.323 e. The van der Waals surface area contributed by atoms with E-state index >= 15 is 0 Å². The topological polar surface area (TPSA) is 115 Å². The van der Waals surface area contributed by atoms with Crippen molar-refractivity contribution < 1.29 is 18.3 Å². The number of aromatic hydroxyl groups is 1. The number of nitrogens with zero attached hydrogens (tertiary/aromatic N) is 4. The Morgan fingerprint density at radius 1 is 0.765 bits per heavy atom. The Bertz CT molecular complexity index is 1320. The van der Waals surface area contributed by atoms with Crippen molar-refractivity contribution in [3.05, 3.63) is 93.4 Å². The molecule has 4 rings (SSSR count). The van der Waals surface area contributed by atoms with Gasteiger partial charge >= 0.3 is 6.01 Å². The molecule has 0 fully saturated rings. The molecule has 178 valence electrons. The fourth-order valence-corrected chi connectivity index (χ4v) is 3.09. The average molecular weight is 562 g/mol. The minimum Gasteiger partial charge on any atom is -0.506 e. The third-order valence-corrected chi connectivity index (χ3v) is 5.33. The Labute approximate surface area is 216 Å². The van der Waals surface area contributed by atoms with E-state index in [1.807, 2.05) is 12.1 Å². The normalized spacial score (nSPS) is 10.3. The molecule has 0 saturated carbocycles. The molecule has 4 aromatic rings. The van der Waals surface area contributed by atoms with Crippen molar-refractivity contribution in [3.63, 3.8) is 0 Å². The Balaban J connectivity index is 0.000000190. The number of phenols is 1. The first kappa shape index (κ1) is 27.6. The van der Waals surface area contributed by atoms with Gasteiger partial charge < -0.3 is 9.84 Å². The summed E-state index contributed by atoms with van der Waals surface area (Å²) in [6.45, 7) is 0. The predicted molar refractivity (Wildman–Crippen MR) is 132 cm³/mol. The van der Waals surface area contributed by atoms with Crippen LogP contribution in [0.15, 0.2) is 78.2 Å². The Morgan fingerprint density at radius 2 is 1.32 bits per heavy atom. The molecule has 0 spiro atoms. The van der Waals surface area contributed by atoms with Gasteiger partial charge in [-0.05, 0) is 36.4 Å². The summed E-state index contributed by atoms with van der Waals surface area (Å²) in [5, 5.41) is 9.89. The van der Waals surface area contributed by atoms with Crippen LogP contribution in [0, 0.1) is 0 Å². The standard InChI is InChI=1S/C10H6Cl2N2O.C6H5ClO.C5H5ClN2O2S/c11-7-3-1-2-4-8(7)15-10-13-6-5-9(12)14-10;7-5-3-1-2-4-6(5)8;1-11(9,10)5-7-3-2-4(6)8-5/h1-6H;1-4,8H;2-3H,1H3. The lowest BCUT2D eigenvalue weighted by atomic mass is 10.3. The first-order valence-electron chi connectivity index (χ1n) is 9.09. The second-order valence-corrected chi connectivity index (χ2v) is 9.58. The minimum absolute atomic E-state index is 0.125. The Kier molecular flexibility index (Phi) is 10.7. The van der Waals surface area contributed by atoms with Gasteiger partial charge in [0.1, 0.15) is 21.8 Å². The summed E-state index contributed by atoms with van der Waals surface area (Å²) in [6.07, 6.45) is 3.84. The molecule has 34 heavy (non-hydrogen) atoms. The summed E-state index contributed by atoms with van der Waals surface area (Å²) in [5.41, 5.74) is 0. The molecule has 0 unspecified atom stereocenters. The van der Waals surface area contributed by atoms with Crippen molar-refractivity contribution in [2.45, 2.75) is 5.16 Å². The number of rotatable bonds is 3. The van der Waals surface area contributed by atoms with Gasteiger partial charge in [0.25, 0.3) is 0 Å². The molecule has 2 aromatic carbocycles. The summed E-state index contributed by atoms with van der Waals surface area (Å²) in [4.78, 5) is 14.8. The van der Waals surface area contributed by atoms with Gasteiger partial charge in [-0.15, -0.1) is 0 Å². The highest BCUT2D eigenvalue weighted by molar-refractivity contribution is 7.90. The highest BCUT2D eigenvalue weighted by atomic mass is 35.5. The molecule has 0 bridgehead atoms. The van der Waals surface area contributed by atoms with E-state index in [2.05, 4.69) is 19.9 Å². The average Bonchev–Trinajstić information content (AvgIpc) is 2.78. The van der Waals surface area contributed by atoms with Gasteiger partial charge in [-0.25, -0.2) is 23.4 Å². The van der Waals surface area contributed by atoms with E-state index < -0.39 is 9.84 Å². The zero-order chi connectivity index (χ0) is 25.1. The number of benzene rings is 2. The Morgan fingerprint density at radius 3 is 1.79 bits per heavy atom. The third kappa shape index (κ3) is 9.66. The van der Waals surface area contributed by atoms with Gasteiger partial charge in [-0.3, -0.25) is 0 Å². The van der Waals surface area contributed by atoms with E-state index in [1.54, 1.807) is 42.5 Å². The van der Waals surface area contributed by atoms with Gasteiger partial charge in [0.05, 0.1) is 10.0 Å². The fraction of sp³-hybridized carbons (Fsp3) is 0.0476. The van der Waals surface area contributed by atoms with Crippen LogP contribution in [0.5, 0.6) is 17.5 Å². The lowest BCUT2D eigenvalue weighted by molar-refractivity contribution is 0.442. The van der Waals surface area contributed by atoms with Crippen LogP contribution in [0.3, 0.4) is 0 Å². The van der Waals surface area contributed by atoms with E-state index in [0.717, 1.165) is 6.26 Å². The number of hydrogen-bond acceptors (Lipinski definition) is 8. The third-order valence-electron chi connectivity index (χ3n) is 3.42. The van der Waals surface area contributed by atoms with Gasteiger partial charge in [0.15, 0.2) is 0 Å². The van der Waals surface area contributed by atoms with Crippen LogP contribution in [0.1, 0.15) is 0 Å². The van der Waals surface area contributed by atoms with Crippen molar-refractivity contribution in [3.8, 4) is 17.5 Å². The molecular weight excluding hydrogens is 546 g/mol. The molecule has 2 heterocycles. The molecule has 0 amide bonds. The highest BCUT2D eigenvalue weighted by Gasteiger charge is 2.09. The van der Waals surface area contributed by atoms with Crippen LogP contribution >= 0.6 is 46.4 Å². The molecule has 0 aliphatic carbocycles. The van der Waals surface area contributed by atoms with E-state index in [4.69, 9.17) is 56.2 Å². The molecule has 0 atom stereocenters. The summed E-state index contributed by atoms with van der Waals surface area (Å²) in [6, 6.07) is 16.9. The first-order chi connectivity index (χ1) is 16.1. The molecule has 1 N–H and O–H groups in total. The van der Waals surface area contributed by atoms with Gasteiger partial charge in [-0.2, -0.15) is 4.98 Å². The van der Waals surface area contributed by atoms with Crippen LogP contribution in [-0.2, 0) is 9.84 Å². The van der Waals surface area contributed by atoms with Crippen molar-refractivity contribution in [2.24, 2.45) is 0 Å². The van der Waals surface area contributed by atoms with Gasteiger partial charge in [0.2, 0.25) is 15.0 Å². The SMILES string of the molecule is CS(=O)(=O)c1nccc(Cl)n1.Clc1ccnc(Oc2ccccc2Cl)n1.Oc1ccccc1Cl. The van der Waals surface area contributed by atoms with Crippen LogP contribution in [0.2, 0.25) is 20.4 Å². The van der Waals surface area contributed by atoms with Crippen molar-refractivity contribution in [2.75, 3.05) is 6.26 Å². The first-order valence-corrected chi connectivity index (χ1v) is 12.5. The van der Waals surface area contributed by atoms with Crippen LogP contribution in [0.4, 0.5) is 0 Å². The molecule has 2 aromatic heterocycles. The largest absolute Gasteiger partial charge is 0.506 e. The second-order valence-electron chi connectivity index (χ2n) is 6.08. The molecule has 0 aliphatic heterocycles. The van der Waals surface area contributed by atoms with Crippen LogP contribution < -0.4 is 4.74 Å². The molecule has 0 radical (unpaired) electrons. The molecular formula is C21H16Cl4N4O4S. The monoisotopic (exact) mass is 560 g/mol. The molecule has 8 nitrogen and oxygen atoms in total. The minimum atomic E-state index is -3.33. The fourth-order valence-electron chi connectivity index (χ4n) is 1.95. The number of phenolic OH excluding ortho intramolecular Hbond substituents is 1. The van der Waals surface area contributed by atoms with Crippen molar-refractivity contribution >= 4 is 56.2 Å². The number of hydrogen-bond donors (Lipinski definition) is 1. The second kappa shape index (κ2) is 13.3. The lowest BCUT2D eigenvalue weighted by Gasteiger charge is -2.04. The Hall–Kier alpha value is -2.69. The molecule has 0 saturated heterocycles. The maximum absolute atomic E-state index is 10.8. The number of sulfone groups is 1. The van der Waals surface area contributed by atoms with Crippen molar-refractivity contribution in [1.29, 1.82) is 0 Å². The van der Waals surface area contributed by atoms with Crippen LogP contribution in [0.25, 0.3) is 0 Å². The number of halogens is 4. The van der Waals surface area contributed by atoms with E-state index in [1.165, 1.54) is 18.5 Å². The number of aromatic nitrogens is 4. The van der Waals surface area contributed by atoms with E-state index in [0.29, 0.717) is 20.9 Å². The zero-order valence-corrected chi connectivity index (χ0v) is 21.1. The summed E-state index contributed by atoms with van der Waals surface area (Å²) in [5.74, 6) is 0.635. The maximum atomic E-state index is 10.8. The van der Waals surface area contributed by atoms with Gasteiger partial charge in [-0.1, -0.05) is 70.7 Å². The predicted octanol–water partition coefficient (Wildman–Crippen LogP) is 6.15. The highest BCUT2D eigenvalue weighted by Crippen LogP contribution is 2.27. The quantitative estimate of drug-likeness (QED) is 0.234.